The lowest BCUT2D eigenvalue weighted by Gasteiger charge is -2.31. The van der Waals surface area contributed by atoms with Crippen LogP contribution >= 0.6 is 0 Å². The second kappa shape index (κ2) is 4.70. The third-order valence-corrected chi connectivity index (χ3v) is 5.52. The number of nitrogens with zero attached hydrogens (tertiary/aromatic N) is 1. The maximum absolute atomic E-state index is 12.1. The van der Waals surface area contributed by atoms with Crippen LogP contribution in [0.15, 0.2) is 48.5 Å². The molecule has 0 atom stereocenters. The fourth-order valence-corrected chi connectivity index (χ4v) is 4.49. The predicted molar refractivity (Wildman–Crippen MR) is 88.1 cm³/mol. The van der Waals surface area contributed by atoms with E-state index in [9.17, 15) is 4.79 Å². The van der Waals surface area contributed by atoms with E-state index in [1.54, 1.807) is 4.90 Å². The van der Waals surface area contributed by atoms with Gasteiger partial charge in [-0.3, -0.25) is 4.79 Å². The summed E-state index contributed by atoms with van der Waals surface area (Å²) >= 11 is 0. The Labute approximate surface area is 131 Å². The third kappa shape index (κ3) is 1.70. The molecule has 112 valence electrons. The zero-order chi connectivity index (χ0) is 15.3. The fourth-order valence-electron chi connectivity index (χ4n) is 4.49. The lowest BCUT2D eigenvalue weighted by atomic mass is 9.72. The van der Waals surface area contributed by atoms with Crippen LogP contribution in [0.3, 0.4) is 0 Å². The Bertz CT molecular complexity index is 699. The standard InChI is InChI=1S/C20H21NO/c1-21(2)19(22)11-12-20-13-16(14-7-3-5-9-17(14)20)15-8-4-6-10-18(15)20/h3-10,16H,11-13H2,1-2H3. The summed E-state index contributed by atoms with van der Waals surface area (Å²) in [5.41, 5.74) is 5.89. The van der Waals surface area contributed by atoms with Crippen molar-refractivity contribution in [1.29, 1.82) is 0 Å². The Hall–Kier alpha value is -2.09. The molecule has 2 bridgehead atoms. The van der Waals surface area contributed by atoms with E-state index in [0.29, 0.717) is 12.3 Å². The van der Waals surface area contributed by atoms with Gasteiger partial charge in [0.05, 0.1) is 0 Å². The summed E-state index contributed by atoms with van der Waals surface area (Å²) in [6.45, 7) is 0. The molecule has 2 aromatic rings. The number of hydrogen-bond donors (Lipinski definition) is 0. The summed E-state index contributed by atoms with van der Waals surface area (Å²) in [6.07, 6.45) is 2.66. The van der Waals surface area contributed by atoms with Crippen molar-refractivity contribution in [2.24, 2.45) is 0 Å². The fraction of sp³-hybridized carbons (Fsp3) is 0.350. The number of rotatable bonds is 3. The minimum Gasteiger partial charge on any atom is -0.349 e. The van der Waals surface area contributed by atoms with Crippen LogP contribution in [0.2, 0.25) is 0 Å². The number of carbonyl (C=O) groups is 1. The van der Waals surface area contributed by atoms with Gasteiger partial charge in [0, 0.05) is 31.8 Å². The number of hydrogen-bond acceptors (Lipinski definition) is 1. The van der Waals surface area contributed by atoms with Gasteiger partial charge in [-0.2, -0.15) is 0 Å². The van der Waals surface area contributed by atoms with Crippen LogP contribution in [0.4, 0.5) is 0 Å². The molecule has 2 aromatic carbocycles. The van der Waals surface area contributed by atoms with E-state index in [1.165, 1.54) is 22.3 Å². The lowest BCUT2D eigenvalue weighted by Crippen LogP contribution is -2.28. The highest BCUT2D eigenvalue weighted by Gasteiger charge is 2.52. The normalized spacial score (nSPS) is 24.0. The van der Waals surface area contributed by atoms with Crippen molar-refractivity contribution in [3.8, 4) is 0 Å². The van der Waals surface area contributed by atoms with Crippen molar-refractivity contribution in [1.82, 2.24) is 4.90 Å². The number of benzene rings is 2. The maximum Gasteiger partial charge on any atom is 0.222 e. The van der Waals surface area contributed by atoms with Gasteiger partial charge >= 0.3 is 0 Å². The topological polar surface area (TPSA) is 20.3 Å². The lowest BCUT2D eigenvalue weighted by molar-refractivity contribution is -0.129. The van der Waals surface area contributed by atoms with Crippen LogP contribution in [-0.2, 0) is 10.2 Å². The van der Waals surface area contributed by atoms with Crippen molar-refractivity contribution in [2.75, 3.05) is 14.1 Å². The molecule has 0 saturated carbocycles. The molecule has 0 saturated heterocycles. The second-order valence-electron chi connectivity index (χ2n) is 6.80. The predicted octanol–water partition coefficient (Wildman–Crippen LogP) is 3.69. The summed E-state index contributed by atoms with van der Waals surface area (Å²) in [5.74, 6) is 0.738. The van der Waals surface area contributed by atoms with Crippen LogP contribution in [0.1, 0.15) is 47.4 Å². The highest BCUT2D eigenvalue weighted by atomic mass is 16.2. The second-order valence-corrected chi connectivity index (χ2v) is 6.80. The molecule has 2 aliphatic carbocycles. The molecule has 1 amide bonds. The molecular weight excluding hydrogens is 270 g/mol. The minimum atomic E-state index is 0.0452. The minimum absolute atomic E-state index is 0.0452. The van der Waals surface area contributed by atoms with Gasteiger partial charge in [0.15, 0.2) is 0 Å². The van der Waals surface area contributed by atoms with Crippen LogP contribution in [0.5, 0.6) is 0 Å². The number of carbonyl (C=O) groups excluding carboxylic acids is 1. The Balaban J connectivity index is 1.79. The SMILES string of the molecule is CN(C)C(=O)CCC12CC(c3ccccc31)c1ccccc12. The smallest absolute Gasteiger partial charge is 0.222 e. The van der Waals surface area contributed by atoms with E-state index in [-0.39, 0.29) is 11.3 Å². The molecule has 0 aromatic heterocycles. The molecule has 4 rings (SSSR count). The molecule has 0 aliphatic heterocycles. The molecular formula is C20H21NO. The van der Waals surface area contributed by atoms with Crippen LogP contribution in [0, 0.1) is 0 Å². The Kier molecular flexibility index (Phi) is 2.90. The molecule has 0 heterocycles. The van der Waals surface area contributed by atoms with Crippen LogP contribution in [-0.4, -0.2) is 24.9 Å². The Morgan fingerprint density at radius 2 is 1.59 bits per heavy atom. The van der Waals surface area contributed by atoms with Crippen LogP contribution in [0.25, 0.3) is 0 Å². The van der Waals surface area contributed by atoms with E-state index >= 15 is 0 Å². The zero-order valence-electron chi connectivity index (χ0n) is 13.2. The molecule has 22 heavy (non-hydrogen) atoms. The Morgan fingerprint density at radius 3 is 2.14 bits per heavy atom. The first-order valence-corrected chi connectivity index (χ1v) is 8.02. The highest BCUT2D eigenvalue weighted by molar-refractivity contribution is 5.76. The van der Waals surface area contributed by atoms with Crippen molar-refractivity contribution >= 4 is 5.91 Å². The Morgan fingerprint density at radius 1 is 1.05 bits per heavy atom. The molecule has 0 spiro atoms. The molecule has 0 N–H and O–H groups in total. The van der Waals surface area contributed by atoms with Gasteiger partial charge in [-0.05, 0) is 35.1 Å². The van der Waals surface area contributed by atoms with E-state index in [4.69, 9.17) is 0 Å². The van der Waals surface area contributed by atoms with Crippen molar-refractivity contribution in [3.05, 3.63) is 70.8 Å². The van der Waals surface area contributed by atoms with Crippen molar-refractivity contribution in [3.63, 3.8) is 0 Å². The highest BCUT2D eigenvalue weighted by Crippen LogP contribution is 2.61. The van der Waals surface area contributed by atoms with Gasteiger partial charge in [0.1, 0.15) is 0 Å². The van der Waals surface area contributed by atoms with Gasteiger partial charge in [-0.25, -0.2) is 0 Å². The number of fused-ring (bicyclic) bond motifs is 8. The van der Waals surface area contributed by atoms with E-state index in [1.807, 2.05) is 14.1 Å². The molecule has 2 nitrogen and oxygen atoms in total. The molecule has 0 fully saturated rings. The molecule has 0 radical (unpaired) electrons. The van der Waals surface area contributed by atoms with Gasteiger partial charge in [0.2, 0.25) is 5.91 Å². The number of amides is 1. The first kappa shape index (κ1) is 13.6. The average Bonchev–Trinajstić information content (AvgIpc) is 3.05. The van der Waals surface area contributed by atoms with E-state index in [2.05, 4.69) is 48.5 Å². The van der Waals surface area contributed by atoms with Gasteiger partial charge in [-0.15, -0.1) is 0 Å². The summed E-state index contributed by atoms with van der Waals surface area (Å²) in [4.78, 5) is 13.8. The first-order valence-electron chi connectivity index (χ1n) is 8.02. The molecule has 0 unspecified atom stereocenters. The van der Waals surface area contributed by atoms with Gasteiger partial charge in [-0.1, -0.05) is 48.5 Å². The summed E-state index contributed by atoms with van der Waals surface area (Å²) in [5, 5.41) is 0. The largest absolute Gasteiger partial charge is 0.349 e. The zero-order valence-corrected chi connectivity index (χ0v) is 13.2. The van der Waals surface area contributed by atoms with Crippen LogP contribution < -0.4 is 0 Å². The van der Waals surface area contributed by atoms with E-state index in [0.717, 1.165) is 12.8 Å². The summed E-state index contributed by atoms with van der Waals surface area (Å²) in [6, 6.07) is 17.6. The average molecular weight is 291 g/mol. The monoisotopic (exact) mass is 291 g/mol. The maximum atomic E-state index is 12.1. The van der Waals surface area contributed by atoms with Crippen molar-refractivity contribution < 1.29 is 4.79 Å². The van der Waals surface area contributed by atoms with E-state index < -0.39 is 0 Å². The van der Waals surface area contributed by atoms with Gasteiger partial charge in [0.25, 0.3) is 0 Å². The third-order valence-electron chi connectivity index (χ3n) is 5.52. The van der Waals surface area contributed by atoms with Gasteiger partial charge < -0.3 is 4.90 Å². The first-order chi connectivity index (χ1) is 10.6. The quantitative estimate of drug-likeness (QED) is 0.844. The summed E-state index contributed by atoms with van der Waals surface area (Å²) < 4.78 is 0. The molecule has 2 heteroatoms. The molecule has 2 aliphatic rings. The summed E-state index contributed by atoms with van der Waals surface area (Å²) in [7, 11) is 3.68. The van der Waals surface area contributed by atoms with Crippen molar-refractivity contribution in [2.45, 2.75) is 30.6 Å².